The van der Waals surface area contributed by atoms with Crippen LogP contribution in [0.3, 0.4) is 0 Å². The molecule has 47 heavy (non-hydrogen) atoms. The fourth-order valence-corrected chi connectivity index (χ4v) is 4.57. The Morgan fingerprint density at radius 1 is 1.02 bits per heavy atom. The molecule has 3 amide bonds. The zero-order valence-electron chi connectivity index (χ0n) is 26.0. The number of allylic oxidation sites excluding steroid dienone is 1. The van der Waals surface area contributed by atoms with Gasteiger partial charge in [0.25, 0.3) is 11.6 Å². The van der Waals surface area contributed by atoms with Crippen LogP contribution in [0.5, 0.6) is 23.0 Å². The standard InChI is InChI=1S/C32H33N5O10/c1-5-45-31(39)28-19(2)34-32(40)35-29(28)21-11-14-24(26(15-21)44-4)46-18-27(38)36-33-16-22-7-6-8-25(43-3)30(22)47-17-20-9-12-23(13-10-20)37(41)42/h6-16,29H,5,17-18H2,1-4H3,(H,36,38)(H2,34,35,40)/b33-16+/t29-/m0/s1. The van der Waals surface area contributed by atoms with Crippen molar-refractivity contribution in [2.75, 3.05) is 27.4 Å². The van der Waals surface area contributed by atoms with Crippen LogP contribution in [0.25, 0.3) is 0 Å². The normalized spacial score (nSPS) is 14.1. The highest BCUT2D eigenvalue weighted by molar-refractivity contribution is 5.95. The minimum absolute atomic E-state index is 0.0293. The first-order valence-electron chi connectivity index (χ1n) is 14.3. The molecule has 0 aromatic heterocycles. The number of hydrogen-bond acceptors (Lipinski definition) is 11. The van der Waals surface area contributed by atoms with Gasteiger partial charge in [-0.3, -0.25) is 14.9 Å². The van der Waals surface area contributed by atoms with E-state index >= 15 is 0 Å². The number of esters is 1. The van der Waals surface area contributed by atoms with Crippen molar-refractivity contribution in [3.63, 3.8) is 0 Å². The minimum Gasteiger partial charge on any atom is -0.493 e. The lowest BCUT2D eigenvalue weighted by atomic mass is 9.95. The number of nitrogens with one attached hydrogen (secondary N) is 3. The minimum atomic E-state index is -0.803. The lowest BCUT2D eigenvalue weighted by Crippen LogP contribution is -2.45. The molecule has 0 aliphatic carbocycles. The van der Waals surface area contributed by atoms with E-state index in [1.807, 2.05) is 0 Å². The van der Waals surface area contributed by atoms with E-state index in [1.165, 1.54) is 32.6 Å². The summed E-state index contributed by atoms with van der Waals surface area (Å²) in [6.45, 7) is 3.15. The molecule has 0 saturated carbocycles. The Kier molecular flexibility index (Phi) is 11.3. The van der Waals surface area contributed by atoms with E-state index in [0.717, 1.165) is 0 Å². The first kappa shape index (κ1) is 33.8. The van der Waals surface area contributed by atoms with Crippen molar-refractivity contribution < 1.29 is 43.0 Å². The van der Waals surface area contributed by atoms with Gasteiger partial charge in [-0.2, -0.15) is 5.10 Å². The predicted octanol–water partition coefficient (Wildman–Crippen LogP) is 3.91. The Labute approximate surface area is 269 Å². The Hall–Kier alpha value is -6.12. The number of rotatable bonds is 14. The van der Waals surface area contributed by atoms with Crippen LogP contribution in [0.4, 0.5) is 10.5 Å². The van der Waals surface area contributed by atoms with Gasteiger partial charge in [0, 0.05) is 23.4 Å². The van der Waals surface area contributed by atoms with Crippen molar-refractivity contribution in [2.24, 2.45) is 5.10 Å². The van der Waals surface area contributed by atoms with Crippen molar-refractivity contribution in [1.82, 2.24) is 16.1 Å². The molecule has 15 nitrogen and oxygen atoms in total. The molecule has 0 radical (unpaired) electrons. The molecule has 1 aliphatic rings. The number of urea groups is 1. The van der Waals surface area contributed by atoms with Gasteiger partial charge < -0.3 is 34.3 Å². The fourth-order valence-electron chi connectivity index (χ4n) is 4.57. The summed E-state index contributed by atoms with van der Waals surface area (Å²) in [5.74, 6) is 0.134. The first-order chi connectivity index (χ1) is 22.6. The van der Waals surface area contributed by atoms with Crippen LogP contribution in [-0.4, -0.2) is 56.5 Å². The molecule has 3 N–H and O–H groups in total. The maximum Gasteiger partial charge on any atom is 0.338 e. The summed E-state index contributed by atoms with van der Waals surface area (Å²) in [6.07, 6.45) is 1.38. The number of hydrazone groups is 1. The number of para-hydroxylation sites is 1. The number of ether oxygens (including phenoxy) is 5. The molecular weight excluding hydrogens is 614 g/mol. The Bertz CT molecular complexity index is 1700. The maximum absolute atomic E-state index is 12.6. The summed E-state index contributed by atoms with van der Waals surface area (Å²) in [5, 5.41) is 20.2. The third-order valence-electron chi connectivity index (χ3n) is 6.80. The van der Waals surface area contributed by atoms with E-state index in [1.54, 1.807) is 62.4 Å². The number of nitrogens with zero attached hydrogens (tertiary/aromatic N) is 2. The van der Waals surface area contributed by atoms with Gasteiger partial charge in [0.1, 0.15) is 6.61 Å². The average molecular weight is 648 g/mol. The van der Waals surface area contributed by atoms with Crippen LogP contribution in [-0.2, 0) is 20.9 Å². The molecule has 4 rings (SSSR count). The number of carbonyl (C=O) groups is 3. The summed E-state index contributed by atoms with van der Waals surface area (Å²) in [5.41, 5.74) is 4.71. The Balaban J connectivity index is 1.40. The van der Waals surface area contributed by atoms with E-state index in [9.17, 15) is 24.5 Å². The van der Waals surface area contributed by atoms with Crippen molar-refractivity contribution in [2.45, 2.75) is 26.5 Å². The second-order valence-electron chi connectivity index (χ2n) is 9.87. The summed E-state index contributed by atoms with van der Waals surface area (Å²) >= 11 is 0. The monoisotopic (exact) mass is 647 g/mol. The Morgan fingerprint density at radius 2 is 1.77 bits per heavy atom. The fraction of sp³-hybridized carbons (Fsp3) is 0.250. The molecule has 0 bridgehead atoms. The van der Waals surface area contributed by atoms with Crippen molar-refractivity contribution in [3.8, 4) is 23.0 Å². The highest BCUT2D eigenvalue weighted by Gasteiger charge is 2.32. The molecule has 0 unspecified atom stereocenters. The van der Waals surface area contributed by atoms with Gasteiger partial charge in [-0.25, -0.2) is 15.0 Å². The van der Waals surface area contributed by atoms with Crippen LogP contribution in [0.15, 0.2) is 77.0 Å². The largest absolute Gasteiger partial charge is 0.493 e. The van der Waals surface area contributed by atoms with E-state index in [2.05, 4.69) is 21.2 Å². The predicted molar refractivity (Wildman–Crippen MR) is 168 cm³/mol. The highest BCUT2D eigenvalue weighted by Crippen LogP contribution is 2.35. The van der Waals surface area contributed by atoms with E-state index in [0.29, 0.717) is 33.9 Å². The van der Waals surface area contributed by atoms with Gasteiger partial charge in [-0.1, -0.05) is 12.1 Å². The number of nitro groups is 1. The van der Waals surface area contributed by atoms with Gasteiger partial charge >= 0.3 is 12.0 Å². The molecule has 3 aromatic carbocycles. The van der Waals surface area contributed by atoms with Crippen molar-refractivity contribution in [3.05, 3.63) is 98.7 Å². The van der Waals surface area contributed by atoms with E-state index in [4.69, 9.17) is 23.7 Å². The number of benzene rings is 3. The first-order valence-corrected chi connectivity index (χ1v) is 14.3. The summed E-state index contributed by atoms with van der Waals surface area (Å²) in [4.78, 5) is 47.8. The molecule has 0 saturated heterocycles. The number of carbonyl (C=O) groups excluding carboxylic acids is 3. The molecule has 15 heteroatoms. The third kappa shape index (κ3) is 8.54. The van der Waals surface area contributed by atoms with Gasteiger partial charge in [0.15, 0.2) is 29.6 Å². The topological polar surface area (TPSA) is 189 Å². The molecule has 0 spiro atoms. The van der Waals surface area contributed by atoms with Crippen LogP contribution >= 0.6 is 0 Å². The van der Waals surface area contributed by atoms with Gasteiger partial charge in [-0.05, 0) is 61.4 Å². The summed E-state index contributed by atoms with van der Waals surface area (Å²) < 4.78 is 27.6. The van der Waals surface area contributed by atoms with Crippen LogP contribution in [0.2, 0.25) is 0 Å². The maximum atomic E-state index is 12.6. The zero-order chi connectivity index (χ0) is 33.9. The molecule has 3 aromatic rings. The van der Waals surface area contributed by atoms with E-state index < -0.39 is 35.5 Å². The van der Waals surface area contributed by atoms with Crippen LogP contribution in [0.1, 0.15) is 36.6 Å². The Morgan fingerprint density at radius 3 is 2.45 bits per heavy atom. The van der Waals surface area contributed by atoms with Crippen molar-refractivity contribution in [1.29, 1.82) is 0 Å². The SMILES string of the molecule is CCOC(=O)C1=C(C)NC(=O)N[C@H]1c1ccc(OCC(=O)N/N=C/c2cccc(OC)c2OCc2ccc([N+](=O)[O-])cc2)c(OC)c1. The van der Waals surface area contributed by atoms with E-state index in [-0.39, 0.29) is 36.0 Å². The third-order valence-corrected chi connectivity index (χ3v) is 6.80. The second kappa shape index (κ2) is 15.7. The molecular formula is C32H33N5O10. The number of non-ortho nitro benzene ring substituents is 1. The molecule has 1 atom stereocenters. The van der Waals surface area contributed by atoms with Gasteiger partial charge in [0.2, 0.25) is 0 Å². The van der Waals surface area contributed by atoms with Gasteiger partial charge in [0.05, 0.1) is 43.6 Å². The van der Waals surface area contributed by atoms with Crippen molar-refractivity contribution >= 4 is 29.8 Å². The van der Waals surface area contributed by atoms with Crippen LogP contribution < -0.4 is 35.0 Å². The van der Waals surface area contributed by atoms with Gasteiger partial charge in [-0.15, -0.1) is 0 Å². The molecule has 0 fully saturated rings. The smallest absolute Gasteiger partial charge is 0.338 e. The second-order valence-corrected chi connectivity index (χ2v) is 9.87. The molecule has 1 heterocycles. The number of methoxy groups -OCH3 is 2. The van der Waals surface area contributed by atoms with Crippen LogP contribution in [0, 0.1) is 10.1 Å². The zero-order valence-corrected chi connectivity index (χ0v) is 26.0. The number of amides is 3. The molecule has 1 aliphatic heterocycles. The average Bonchev–Trinajstić information content (AvgIpc) is 3.06. The lowest BCUT2D eigenvalue weighted by molar-refractivity contribution is -0.384. The number of hydrogen-bond donors (Lipinski definition) is 3. The summed E-state index contributed by atoms with van der Waals surface area (Å²) in [7, 11) is 2.90. The summed E-state index contributed by atoms with van der Waals surface area (Å²) in [6, 6.07) is 14.6. The molecule has 246 valence electrons. The quantitative estimate of drug-likeness (QED) is 0.100. The highest BCUT2D eigenvalue weighted by atomic mass is 16.6. The lowest BCUT2D eigenvalue weighted by Gasteiger charge is -2.28. The number of nitro benzene ring substituents is 1.